The fourth-order valence-corrected chi connectivity index (χ4v) is 1.29. The Morgan fingerprint density at radius 3 is 2.75 bits per heavy atom. The summed E-state index contributed by atoms with van der Waals surface area (Å²) in [5.41, 5.74) is 6.04. The molecule has 1 aromatic carbocycles. The number of rotatable bonds is 2. The Morgan fingerprint density at radius 1 is 1.25 bits per heavy atom. The predicted molar refractivity (Wildman–Crippen MR) is 59.9 cm³/mol. The molecule has 0 aliphatic heterocycles. The molecule has 2 N–H and O–H groups in total. The number of nitrogens with two attached hydrogens (primary N) is 1. The number of hydrogen-bond donors (Lipinski definition) is 1. The molecule has 0 aliphatic rings. The van der Waals surface area contributed by atoms with Crippen LogP contribution in [0.1, 0.15) is 5.56 Å². The van der Waals surface area contributed by atoms with Crippen molar-refractivity contribution in [1.82, 2.24) is 4.98 Å². The lowest BCUT2D eigenvalue weighted by molar-refractivity contribution is 0.461. The van der Waals surface area contributed by atoms with E-state index in [9.17, 15) is 4.39 Å². The molecule has 0 saturated carbocycles. The summed E-state index contributed by atoms with van der Waals surface area (Å²) in [5, 5.41) is 0. The van der Waals surface area contributed by atoms with E-state index in [0.29, 0.717) is 23.0 Å². The van der Waals surface area contributed by atoms with Gasteiger partial charge in [0.25, 0.3) is 0 Å². The van der Waals surface area contributed by atoms with Gasteiger partial charge >= 0.3 is 0 Å². The van der Waals surface area contributed by atoms with Crippen molar-refractivity contribution in [1.29, 1.82) is 0 Å². The zero-order chi connectivity index (χ0) is 11.5. The molecule has 2 aromatic rings. The fourth-order valence-electron chi connectivity index (χ4n) is 1.29. The van der Waals surface area contributed by atoms with Gasteiger partial charge in [-0.3, -0.25) is 0 Å². The summed E-state index contributed by atoms with van der Waals surface area (Å²) in [6.45, 7) is 1.68. The second kappa shape index (κ2) is 4.18. The van der Waals surface area contributed by atoms with Crippen LogP contribution in [0.5, 0.6) is 11.6 Å². The lowest BCUT2D eigenvalue weighted by atomic mass is 10.2. The van der Waals surface area contributed by atoms with E-state index in [1.165, 1.54) is 6.07 Å². The summed E-state index contributed by atoms with van der Waals surface area (Å²) in [5.74, 6) is 1.06. The van der Waals surface area contributed by atoms with Crippen molar-refractivity contribution in [3.8, 4) is 11.6 Å². The van der Waals surface area contributed by atoms with Gasteiger partial charge in [-0.2, -0.15) is 4.98 Å². The van der Waals surface area contributed by atoms with Crippen LogP contribution < -0.4 is 10.5 Å². The minimum atomic E-state index is -0.257. The standard InChI is InChI=1S/C12H11FN2O/c1-8-7-9(5-6-10(8)13)16-12-4-2-3-11(14)15-12/h2-7H,1H3,(H2,14,15). The van der Waals surface area contributed by atoms with Crippen molar-refractivity contribution in [2.24, 2.45) is 0 Å². The topological polar surface area (TPSA) is 48.1 Å². The van der Waals surface area contributed by atoms with Crippen molar-refractivity contribution < 1.29 is 9.13 Å². The first-order valence-corrected chi connectivity index (χ1v) is 4.82. The Balaban J connectivity index is 2.24. The lowest BCUT2D eigenvalue weighted by Gasteiger charge is -2.06. The summed E-state index contributed by atoms with van der Waals surface area (Å²) in [6, 6.07) is 9.62. The third-order valence-electron chi connectivity index (χ3n) is 2.10. The second-order valence-corrected chi connectivity index (χ2v) is 3.41. The number of nitrogens with zero attached hydrogens (tertiary/aromatic N) is 1. The van der Waals surface area contributed by atoms with Crippen molar-refractivity contribution in [3.05, 3.63) is 47.8 Å². The molecule has 3 nitrogen and oxygen atoms in total. The molecule has 0 amide bonds. The van der Waals surface area contributed by atoms with E-state index in [2.05, 4.69) is 4.98 Å². The maximum absolute atomic E-state index is 13.0. The Bertz CT molecular complexity index is 514. The number of ether oxygens (including phenoxy) is 1. The first-order valence-electron chi connectivity index (χ1n) is 4.82. The molecule has 0 atom stereocenters. The van der Waals surface area contributed by atoms with Gasteiger partial charge in [-0.1, -0.05) is 6.07 Å². The highest BCUT2D eigenvalue weighted by Gasteiger charge is 2.02. The van der Waals surface area contributed by atoms with Gasteiger partial charge in [0.1, 0.15) is 17.4 Å². The minimum Gasteiger partial charge on any atom is -0.439 e. The minimum absolute atomic E-state index is 0.257. The van der Waals surface area contributed by atoms with Crippen LogP contribution in [-0.2, 0) is 0 Å². The van der Waals surface area contributed by atoms with Crippen LogP contribution in [0, 0.1) is 12.7 Å². The number of aromatic nitrogens is 1. The zero-order valence-corrected chi connectivity index (χ0v) is 8.77. The van der Waals surface area contributed by atoms with E-state index in [-0.39, 0.29) is 5.82 Å². The van der Waals surface area contributed by atoms with Crippen LogP contribution >= 0.6 is 0 Å². The quantitative estimate of drug-likeness (QED) is 0.843. The highest BCUT2D eigenvalue weighted by atomic mass is 19.1. The van der Waals surface area contributed by atoms with E-state index >= 15 is 0 Å². The molecule has 0 spiro atoms. The van der Waals surface area contributed by atoms with Gasteiger partial charge in [-0.05, 0) is 36.8 Å². The molecule has 1 heterocycles. The van der Waals surface area contributed by atoms with E-state index in [4.69, 9.17) is 10.5 Å². The van der Waals surface area contributed by atoms with E-state index in [1.54, 1.807) is 37.3 Å². The molecular formula is C12H11FN2O. The molecule has 4 heteroatoms. The number of benzene rings is 1. The summed E-state index contributed by atoms with van der Waals surface area (Å²) in [7, 11) is 0. The van der Waals surface area contributed by atoms with Crippen LogP contribution in [-0.4, -0.2) is 4.98 Å². The molecular weight excluding hydrogens is 207 g/mol. The maximum atomic E-state index is 13.0. The highest BCUT2D eigenvalue weighted by molar-refractivity contribution is 5.35. The molecule has 82 valence electrons. The van der Waals surface area contributed by atoms with Gasteiger partial charge in [-0.25, -0.2) is 4.39 Å². The zero-order valence-electron chi connectivity index (χ0n) is 8.77. The van der Waals surface area contributed by atoms with Gasteiger partial charge in [0.2, 0.25) is 5.88 Å². The highest BCUT2D eigenvalue weighted by Crippen LogP contribution is 2.22. The summed E-state index contributed by atoms with van der Waals surface area (Å²) < 4.78 is 18.4. The Hall–Kier alpha value is -2.10. The molecule has 16 heavy (non-hydrogen) atoms. The first-order chi connectivity index (χ1) is 7.65. The van der Waals surface area contributed by atoms with Crippen LogP contribution in [0.15, 0.2) is 36.4 Å². The smallest absolute Gasteiger partial charge is 0.221 e. The van der Waals surface area contributed by atoms with Crippen molar-refractivity contribution in [3.63, 3.8) is 0 Å². The van der Waals surface area contributed by atoms with E-state index in [0.717, 1.165) is 0 Å². The number of nitrogen functional groups attached to an aromatic ring is 1. The monoisotopic (exact) mass is 218 g/mol. The number of pyridine rings is 1. The van der Waals surface area contributed by atoms with Crippen molar-refractivity contribution in [2.75, 3.05) is 5.73 Å². The molecule has 0 saturated heterocycles. The van der Waals surface area contributed by atoms with Gasteiger partial charge in [-0.15, -0.1) is 0 Å². The van der Waals surface area contributed by atoms with Crippen molar-refractivity contribution in [2.45, 2.75) is 6.92 Å². The normalized spacial score (nSPS) is 10.1. The molecule has 0 bridgehead atoms. The third-order valence-corrected chi connectivity index (χ3v) is 2.10. The largest absolute Gasteiger partial charge is 0.439 e. The lowest BCUT2D eigenvalue weighted by Crippen LogP contribution is -1.93. The number of hydrogen-bond acceptors (Lipinski definition) is 3. The van der Waals surface area contributed by atoms with Crippen LogP contribution in [0.2, 0.25) is 0 Å². The summed E-state index contributed by atoms with van der Waals surface area (Å²) >= 11 is 0. The molecule has 0 radical (unpaired) electrons. The van der Waals surface area contributed by atoms with Crippen LogP contribution in [0.4, 0.5) is 10.2 Å². The van der Waals surface area contributed by atoms with Gasteiger partial charge in [0.05, 0.1) is 0 Å². The van der Waals surface area contributed by atoms with E-state index in [1.807, 2.05) is 0 Å². The average molecular weight is 218 g/mol. The van der Waals surface area contributed by atoms with E-state index < -0.39 is 0 Å². The van der Waals surface area contributed by atoms with Crippen LogP contribution in [0.3, 0.4) is 0 Å². The maximum Gasteiger partial charge on any atom is 0.221 e. The summed E-state index contributed by atoms with van der Waals surface area (Å²) in [6.07, 6.45) is 0. The van der Waals surface area contributed by atoms with Crippen molar-refractivity contribution >= 4 is 5.82 Å². The Labute approximate surface area is 92.7 Å². The fraction of sp³-hybridized carbons (Fsp3) is 0.0833. The SMILES string of the molecule is Cc1cc(Oc2cccc(N)n2)ccc1F. The predicted octanol–water partition coefficient (Wildman–Crippen LogP) is 2.90. The van der Waals surface area contributed by atoms with Gasteiger partial charge < -0.3 is 10.5 Å². The number of anilines is 1. The molecule has 0 fully saturated rings. The number of aryl methyl sites for hydroxylation is 1. The Morgan fingerprint density at radius 2 is 2.06 bits per heavy atom. The first kappa shape index (κ1) is 10.4. The number of halogens is 1. The molecule has 0 aliphatic carbocycles. The molecule has 2 rings (SSSR count). The molecule has 0 unspecified atom stereocenters. The average Bonchev–Trinajstić information content (AvgIpc) is 2.24. The third kappa shape index (κ3) is 2.28. The summed E-state index contributed by atoms with van der Waals surface area (Å²) in [4.78, 5) is 3.98. The Kier molecular flexibility index (Phi) is 2.72. The van der Waals surface area contributed by atoms with Gasteiger partial charge in [0.15, 0.2) is 0 Å². The van der Waals surface area contributed by atoms with Crippen LogP contribution in [0.25, 0.3) is 0 Å². The second-order valence-electron chi connectivity index (χ2n) is 3.41. The van der Waals surface area contributed by atoms with Gasteiger partial charge in [0, 0.05) is 6.07 Å². The molecule has 1 aromatic heterocycles.